The van der Waals surface area contributed by atoms with Crippen LogP contribution in [0.4, 0.5) is 4.39 Å². The predicted molar refractivity (Wildman–Crippen MR) is 110 cm³/mol. The summed E-state index contributed by atoms with van der Waals surface area (Å²) in [6.07, 6.45) is 10.2. The van der Waals surface area contributed by atoms with Crippen LogP contribution >= 0.6 is 12.2 Å². The third kappa shape index (κ3) is 5.89. The van der Waals surface area contributed by atoms with E-state index < -0.39 is 0 Å². The van der Waals surface area contributed by atoms with Crippen molar-refractivity contribution in [1.29, 1.82) is 0 Å². The van der Waals surface area contributed by atoms with Crippen molar-refractivity contribution >= 4 is 23.2 Å². The fourth-order valence-corrected chi connectivity index (χ4v) is 4.46. The van der Waals surface area contributed by atoms with Gasteiger partial charge in [0.25, 0.3) is 0 Å². The lowest BCUT2D eigenvalue weighted by atomic mass is 9.94. The first kappa shape index (κ1) is 20.1. The molecule has 6 heteroatoms. The Hall–Kier alpha value is -1.69. The fourth-order valence-electron chi connectivity index (χ4n) is 4.18. The zero-order valence-electron chi connectivity index (χ0n) is 15.9. The number of amides is 1. The summed E-state index contributed by atoms with van der Waals surface area (Å²) in [6, 6.07) is 7.45. The van der Waals surface area contributed by atoms with Crippen LogP contribution in [0, 0.1) is 5.82 Å². The van der Waals surface area contributed by atoms with Crippen molar-refractivity contribution in [3.05, 3.63) is 35.6 Å². The normalized spacial score (nSPS) is 18.3. The zero-order chi connectivity index (χ0) is 19.1. The predicted octanol–water partition coefficient (Wildman–Crippen LogP) is 3.89. The molecule has 0 bridgehead atoms. The smallest absolute Gasteiger partial charge is 0.239 e. The maximum absolute atomic E-state index is 14.2. The van der Waals surface area contributed by atoms with Gasteiger partial charge in [-0.1, -0.05) is 50.3 Å². The Labute approximate surface area is 166 Å². The number of thiocarbonyl (C=S) groups is 1. The Morgan fingerprint density at radius 3 is 2.44 bits per heavy atom. The molecule has 0 atom stereocenters. The molecule has 2 saturated carbocycles. The van der Waals surface area contributed by atoms with Gasteiger partial charge < -0.3 is 15.5 Å². The largest absolute Gasteiger partial charge is 0.353 e. The van der Waals surface area contributed by atoms with Crippen LogP contribution in [0.2, 0.25) is 0 Å². The monoisotopic (exact) mass is 391 g/mol. The van der Waals surface area contributed by atoms with E-state index in [0.717, 1.165) is 25.7 Å². The van der Waals surface area contributed by atoms with Gasteiger partial charge in [-0.15, -0.1) is 0 Å². The van der Waals surface area contributed by atoms with Gasteiger partial charge in [-0.05, 0) is 44.0 Å². The van der Waals surface area contributed by atoms with E-state index in [1.165, 1.54) is 38.2 Å². The Morgan fingerprint density at radius 1 is 1.07 bits per heavy atom. The van der Waals surface area contributed by atoms with Gasteiger partial charge in [-0.3, -0.25) is 4.79 Å². The quantitative estimate of drug-likeness (QED) is 0.722. The minimum atomic E-state index is -0.208. The number of nitrogens with zero attached hydrogens (tertiary/aromatic N) is 1. The van der Waals surface area contributed by atoms with Crippen molar-refractivity contribution < 1.29 is 9.18 Å². The van der Waals surface area contributed by atoms with Crippen LogP contribution in [-0.4, -0.2) is 34.5 Å². The molecule has 148 valence electrons. The third-order valence-electron chi connectivity index (χ3n) is 5.70. The lowest BCUT2D eigenvalue weighted by Crippen LogP contribution is -2.49. The summed E-state index contributed by atoms with van der Waals surface area (Å²) < 4.78 is 14.2. The van der Waals surface area contributed by atoms with E-state index in [-0.39, 0.29) is 18.3 Å². The Balaban J connectivity index is 1.59. The lowest BCUT2D eigenvalue weighted by molar-refractivity contribution is -0.120. The van der Waals surface area contributed by atoms with Gasteiger partial charge in [0.05, 0.1) is 6.54 Å². The first-order valence-corrected chi connectivity index (χ1v) is 10.6. The van der Waals surface area contributed by atoms with Crippen molar-refractivity contribution in [1.82, 2.24) is 15.5 Å². The molecule has 2 fully saturated rings. The molecule has 2 aliphatic carbocycles. The standard InChI is InChI=1S/C21H30FN3OS/c22-19-13-7-4-8-16(19)15-25(18-11-2-1-3-12-18)21(27)23-14-20(26)24-17-9-5-6-10-17/h4,7-8,13,17-18H,1-3,5-6,9-12,14-15H2,(H,23,27)(H,24,26). The number of hydrogen-bond acceptors (Lipinski definition) is 2. The average molecular weight is 392 g/mol. The number of carbonyl (C=O) groups is 1. The van der Waals surface area contributed by atoms with Crippen LogP contribution < -0.4 is 10.6 Å². The molecule has 1 aromatic rings. The van der Waals surface area contributed by atoms with Crippen molar-refractivity contribution in [2.24, 2.45) is 0 Å². The summed E-state index contributed by atoms with van der Waals surface area (Å²) in [5, 5.41) is 6.74. The van der Waals surface area contributed by atoms with E-state index in [9.17, 15) is 9.18 Å². The lowest BCUT2D eigenvalue weighted by Gasteiger charge is -2.36. The van der Waals surface area contributed by atoms with E-state index in [4.69, 9.17) is 12.2 Å². The number of nitrogens with one attached hydrogen (secondary N) is 2. The third-order valence-corrected chi connectivity index (χ3v) is 6.07. The van der Waals surface area contributed by atoms with Gasteiger partial charge in [-0.25, -0.2) is 4.39 Å². The second-order valence-corrected chi connectivity index (χ2v) is 8.11. The highest BCUT2D eigenvalue weighted by molar-refractivity contribution is 7.80. The van der Waals surface area contributed by atoms with Crippen molar-refractivity contribution in [2.75, 3.05) is 6.54 Å². The molecule has 1 aromatic carbocycles. The van der Waals surface area contributed by atoms with Crippen LogP contribution in [0.3, 0.4) is 0 Å². The summed E-state index contributed by atoms with van der Waals surface area (Å²) in [4.78, 5) is 14.3. The van der Waals surface area contributed by atoms with Crippen LogP contribution in [0.5, 0.6) is 0 Å². The summed E-state index contributed by atoms with van der Waals surface area (Å²) in [5.74, 6) is -0.223. The minimum absolute atomic E-state index is 0.0151. The minimum Gasteiger partial charge on any atom is -0.353 e. The molecule has 0 unspecified atom stereocenters. The highest BCUT2D eigenvalue weighted by atomic mass is 32.1. The van der Waals surface area contributed by atoms with Crippen molar-refractivity contribution in [3.63, 3.8) is 0 Å². The van der Waals surface area contributed by atoms with Gasteiger partial charge >= 0.3 is 0 Å². The molecule has 0 aromatic heterocycles. The topological polar surface area (TPSA) is 44.4 Å². The Bertz CT molecular complexity index is 642. The molecule has 1 amide bonds. The van der Waals surface area contributed by atoms with Gasteiger partial charge in [0.1, 0.15) is 5.82 Å². The van der Waals surface area contributed by atoms with Gasteiger partial charge in [0.15, 0.2) is 5.11 Å². The Kier molecular flexibility index (Phi) is 7.44. The molecule has 27 heavy (non-hydrogen) atoms. The van der Waals surface area contributed by atoms with E-state index >= 15 is 0 Å². The second kappa shape index (κ2) is 10.0. The second-order valence-electron chi connectivity index (χ2n) is 7.72. The zero-order valence-corrected chi connectivity index (χ0v) is 16.7. The molecule has 0 saturated heterocycles. The summed E-state index contributed by atoms with van der Waals surface area (Å²) in [6.45, 7) is 0.614. The molecule has 4 nitrogen and oxygen atoms in total. The summed E-state index contributed by atoms with van der Waals surface area (Å²) in [5.41, 5.74) is 0.641. The fraction of sp³-hybridized carbons (Fsp3) is 0.619. The SMILES string of the molecule is O=C(CNC(=S)N(Cc1ccccc1F)C1CCCCC1)NC1CCCC1. The van der Waals surface area contributed by atoms with Gasteiger partial charge in [0, 0.05) is 24.2 Å². The van der Waals surface area contributed by atoms with E-state index in [0.29, 0.717) is 29.3 Å². The highest BCUT2D eigenvalue weighted by Crippen LogP contribution is 2.25. The molecular weight excluding hydrogens is 361 g/mol. The number of carbonyl (C=O) groups excluding carboxylic acids is 1. The Morgan fingerprint density at radius 2 is 1.74 bits per heavy atom. The molecule has 3 rings (SSSR count). The number of halogens is 1. The summed E-state index contributed by atoms with van der Waals surface area (Å²) >= 11 is 5.61. The van der Waals surface area contributed by atoms with Crippen LogP contribution in [0.15, 0.2) is 24.3 Å². The molecule has 0 spiro atoms. The van der Waals surface area contributed by atoms with Crippen molar-refractivity contribution in [3.8, 4) is 0 Å². The first-order chi connectivity index (χ1) is 13.1. The molecule has 2 N–H and O–H groups in total. The van der Waals surface area contributed by atoms with Crippen LogP contribution in [0.1, 0.15) is 63.4 Å². The van der Waals surface area contributed by atoms with Crippen LogP contribution in [-0.2, 0) is 11.3 Å². The number of rotatable bonds is 6. The van der Waals surface area contributed by atoms with E-state index in [2.05, 4.69) is 15.5 Å². The summed E-state index contributed by atoms with van der Waals surface area (Å²) in [7, 11) is 0. The molecule has 2 aliphatic rings. The van der Waals surface area contributed by atoms with E-state index in [1.54, 1.807) is 12.1 Å². The van der Waals surface area contributed by atoms with E-state index in [1.807, 2.05) is 6.07 Å². The highest BCUT2D eigenvalue weighted by Gasteiger charge is 2.25. The number of benzene rings is 1. The van der Waals surface area contributed by atoms with Crippen molar-refractivity contribution in [2.45, 2.75) is 76.4 Å². The maximum Gasteiger partial charge on any atom is 0.239 e. The molecule has 0 aliphatic heterocycles. The van der Waals surface area contributed by atoms with Gasteiger partial charge in [-0.2, -0.15) is 0 Å². The van der Waals surface area contributed by atoms with Gasteiger partial charge in [0.2, 0.25) is 5.91 Å². The van der Waals surface area contributed by atoms with Crippen LogP contribution in [0.25, 0.3) is 0 Å². The maximum atomic E-state index is 14.2. The molecular formula is C21H30FN3OS. The average Bonchev–Trinajstić information content (AvgIpc) is 3.19. The molecule has 0 radical (unpaired) electrons. The first-order valence-electron chi connectivity index (χ1n) is 10.2. The number of hydrogen-bond donors (Lipinski definition) is 2. The molecule has 0 heterocycles.